The third-order valence-electron chi connectivity index (χ3n) is 3.00. The topological polar surface area (TPSA) is 32.3 Å². The van der Waals surface area contributed by atoms with Crippen molar-refractivity contribution in [3.05, 3.63) is 12.7 Å². The maximum Gasteiger partial charge on any atom is 0.243 e. The van der Waals surface area contributed by atoms with Crippen LogP contribution in [0.2, 0.25) is 0 Å². The van der Waals surface area contributed by atoms with Crippen molar-refractivity contribution >= 4 is 5.91 Å². The Bertz CT molecular complexity index is 215. The first kappa shape index (κ1) is 21.5. The van der Waals surface area contributed by atoms with Crippen molar-refractivity contribution in [1.82, 2.24) is 10.2 Å². The molecule has 1 amide bonds. The summed E-state index contributed by atoms with van der Waals surface area (Å²) in [4.78, 5) is 12.5. The maximum atomic E-state index is 10.2. The smallest absolute Gasteiger partial charge is 0.243 e. The molecule has 3 heteroatoms. The molecule has 0 spiro atoms. The van der Waals surface area contributed by atoms with Crippen LogP contribution in [0.1, 0.15) is 65.2 Å². The lowest BCUT2D eigenvalue weighted by Gasteiger charge is -2.08. The predicted octanol–water partition coefficient (Wildman–Crippen LogP) is 4.00. The minimum absolute atomic E-state index is 0.109. The molecular weight excluding hydrogens is 248 g/mol. The van der Waals surface area contributed by atoms with Gasteiger partial charge in [-0.05, 0) is 40.1 Å². The van der Waals surface area contributed by atoms with Crippen molar-refractivity contribution in [2.24, 2.45) is 0 Å². The third kappa shape index (κ3) is 22.4. The average molecular weight is 284 g/mol. The quantitative estimate of drug-likeness (QED) is 0.459. The molecule has 0 fully saturated rings. The lowest BCUT2D eigenvalue weighted by atomic mass is 10.1. The summed E-state index contributed by atoms with van der Waals surface area (Å²) in [5, 5.41) is 2.54. The van der Waals surface area contributed by atoms with Crippen LogP contribution in [0.4, 0.5) is 0 Å². The van der Waals surface area contributed by atoms with E-state index >= 15 is 0 Å². The predicted molar refractivity (Wildman–Crippen MR) is 90.0 cm³/mol. The van der Waals surface area contributed by atoms with E-state index in [1.54, 1.807) is 0 Å². The Morgan fingerprint density at radius 1 is 1.00 bits per heavy atom. The van der Waals surface area contributed by atoms with Gasteiger partial charge in [-0.25, -0.2) is 0 Å². The van der Waals surface area contributed by atoms with Crippen molar-refractivity contribution in [2.75, 3.05) is 27.2 Å². The van der Waals surface area contributed by atoms with Crippen LogP contribution in [0, 0.1) is 0 Å². The summed E-state index contributed by atoms with van der Waals surface area (Å²) in [5.74, 6) is -0.109. The molecule has 0 saturated heterocycles. The second kappa shape index (κ2) is 18.2. The van der Waals surface area contributed by atoms with Gasteiger partial charge in [0.05, 0.1) is 0 Å². The van der Waals surface area contributed by atoms with Gasteiger partial charge in [0.1, 0.15) is 0 Å². The van der Waals surface area contributed by atoms with E-state index < -0.39 is 0 Å². The monoisotopic (exact) mass is 284 g/mol. The van der Waals surface area contributed by atoms with Gasteiger partial charge >= 0.3 is 0 Å². The van der Waals surface area contributed by atoms with E-state index in [-0.39, 0.29) is 5.91 Å². The van der Waals surface area contributed by atoms with E-state index in [9.17, 15) is 4.79 Å². The molecule has 0 aliphatic carbocycles. The van der Waals surface area contributed by atoms with Gasteiger partial charge < -0.3 is 10.2 Å². The number of unbranched alkanes of at least 4 members (excludes halogenated alkanes) is 7. The van der Waals surface area contributed by atoms with Crippen LogP contribution in [0.25, 0.3) is 0 Å². The number of nitrogens with zero attached hydrogens (tertiary/aromatic N) is 1. The standard InChI is InChI=1S/C12H27N.C5H9NO/c1-4-5-6-7-8-9-10-11-12-13(2)3;1-3-5(7)6-4-2/h4-12H2,1-3H3;3H,1,4H2,2H3,(H,6,7). The fraction of sp³-hybridized carbons (Fsp3) is 0.824. The largest absolute Gasteiger partial charge is 0.353 e. The summed E-state index contributed by atoms with van der Waals surface area (Å²) in [7, 11) is 4.31. The molecule has 0 aromatic rings. The molecule has 0 heterocycles. The first-order valence-corrected chi connectivity index (χ1v) is 8.13. The Labute approximate surface area is 126 Å². The molecule has 0 aromatic carbocycles. The molecule has 0 rings (SSSR count). The minimum Gasteiger partial charge on any atom is -0.353 e. The normalized spacial score (nSPS) is 9.85. The number of hydrogen-bond donors (Lipinski definition) is 1. The SMILES string of the molecule is C=CC(=O)NCC.CCCCCCCCCCN(C)C. The summed E-state index contributed by atoms with van der Waals surface area (Å²) in [6.07, 6.45) is 12.6. The highest BCUT2D eigenvalue weighted by Gasteiger charge is 1.92. The van der Waals surface area contributed by atoms with Gasteiger partial charge in [0, 0.05) is 6.54 Å². The summed E-state index contributed by atoms with van der Waals surface area (Å²) in [6, 6.07) is 0. The van der Waals surface area contributed by atoms with Gasteiger partial charge in [-0.2, -0.15) is 0 Å². The van der Waals surface area contributed by atoms with Crippen molar-refractivity contribution in [2.45, 2.75) is 65.2 Å². The Hall–Kier alpha value is -0.830. The lowest BCUT2D eigenvalue weighted by Crippen LogP contribution is -2.19. The second-order valence-electron chi connectivity index (χ2n) is 5.38. The maximum absolute atomic E-state index is 10.2. The third-order valence-corrected chi connectivity index (χ3v) is 3.00. The number of carbonyl (C=O) groups excluding carboxylic acids is 1. The summed E-state index contributed by atoms with van der Waals surface area (Å²) < 4.78 is 0. The van der Waals surface area contributed by atoms with Crippen molar-refractivity contribution in [1.29, 1.82) is 0 Å². The van der Waals surface area contributed by atoms with Crippen molar-refractivity contribution in [3.8, 4) is 0 Å². The Morgan fingerprint density at radius 2 is 1.50 bits per heavy atom. The van der Waals surface area contributed by atoms with E-state index in [1.807, 2.05) is 6.92 Å². The fourth-order valence-corrected chi connectivity index (χ4v) is 1.81. The zero-order valence-corrected chi connectivity index (χ0v) is 14.2. The number of likely N-dealkylation sites (N-methyl/N-ethyl adjacent to an activating group) is 1. The van der Waals surface area contributed by atoms with Gasteiger partial charge in [-0.15, -0.1) is 0 Å². The van der Waals surface area contributed by atoms with E-state index in [4.69, 9.17) is 0 Å². The van der Waals surface area contributed by atoms with Crippen molar-refractivity contribution < 1.29 is 4.79 Å². The van der Waals surface area contributed by atoms with Crippen LogP contribution in [0.3, 0.4) is 0 Å². The first-order chi connectivity index (χ1) is 9.58. The first-order valence-electron chi connectivity index (χ1n) is 8.13. The summed E-state index contributed by atoms with van der Waals surface area (Å²) >= 11 is 0. The zero-order valence-electron chi connectivity index (χ0n) is 14.2. The molecule has 0 saturated carbocycles. The van der Waals surface area contributed by atoms with Crippen molar-refractivity contribution in [3.63, 3.8) is 0 Å². The van der Waals surface area contributed by atoms with Gasteiger partial charge in [0.25, 0.3) is 0 Å². The average Bonchev–Trinajstić information content (AvgIpc) is 2.42. The van der Waals surface area contributed by atoms with Gasteiger partial charge in [-0.1, -0.05) is 58.4 Å². The van der Waals surface area contributed by atoms with Crippen LogP contribution in [0.5, 0.6) is 0 Å². The molecule has 0 atom stereocenters. The summed E-state index contributed by atoms with van der Waals surface area (Å²) in [5.41, 5.74) is 0. The number of amides is 1. The second-order valence-corrected chi connectivity index (χ2v) is 5.38. The van der Waals surface area contributed by atoms with E-state index in [1.165, 1.54) is 64.0 Å². The fourth-order valence-electron chi connectivity index (χ4n) is 1.81. The molecule has 0 unspecified atom stereocenters. The molecule has 0 aliphatic heterocycles. The van der Waals surface area contributed by atoms with Crippen LogP contribution in [0.15, 0.2) is 12.7 Å². The van der Waals surface area contributed by atoms with E-state index in [2.05, 4.69) is 37.8 Å². The summed E-state index contributed by atoms with van der Waals surface area (Å²) in [6.45, 7) is 9.33. The molecular formula is C17H36N2O. The molecule has 0 aromatic heterocycles. The molecule has 3 nitrogen and oxygen atoms in total. The molecule has 20 heavy (non-hydrogen) atoms. The highest BCUT2D eigenvalue weighted by atomic mass is 16.1. The highest BCUT2D eigenvalue weighted by Crippen LogP contribution is 2.08. The highest BCUT2D eigenvalue weighted by molar-refractivity contribution is 5.86. The van der Waals surface area contributed by atoms with Crippen LogP contribution in [-0.2, 0) is 4.79 Å². The number of carbonyl (C=O) groups is 1. The number of hydrogen-bond acceptors (Lipinski definition) is 2. The van der Waals surface area contributed by atoms with Crippen LogP contribution >= 0.6 is 0 Å². The van der Waals surface area contributed by atoms with Gasteiger partial charge in [-0.3, -0.25) is 4.79 Å². The van der Waals surface area contributed by atoms with Gasteiger partial charge in [0.2, 0.25) is 5.91 Å². The molecule has 1 N–H and O–H groups in total. The molecule has 0 radical (unpaired) electrons. The number of rotatable bonds is 11. The molecule has 120 valence electrons. The molecule has 0 aliphatic rings. The minimum atomic E-state index is -0.109. The Kier molecular flexibility index (Phi) is 19.5. The Morgan fingerprint density at radius 3 is 1.85 bits per heavy atom. The van der Waals surface area contributed by atoms with E-state index in [0.717, 1.165) is 0 Å². The zero-order chi connectivity index (χ0) is 15.6. The van der Waals surface area contributed by atoms with Gasteiger partial charge in [0.15, 0.2) is 0 Å². The number of nitrogens with one attached hydrogen (secondary N) is 1. The molecule has 0 bridgehead atoms. The Balaban J connectivity index is 0. The van der Waals surface area contributed by atoms with E-state index in [0.29, 0.717) is 6.54 Å². The van der Waals surface area contributed by atoms with Crippen LogP contribution < -0.4 is 5.32 Å². The van der Waals surface area contributed by atoms with Crippen LogP contribution in [-0.4, -0.2) is 38.0 Å². The lowest BCUT2D eigenvalue weighted by molar-refractivity contribution is -0.116.